The molecule has 0 unspecified atom stereocenters. The number of nitrogens with one attached hydrogen (secondary N) is 2. The van der Waals surface area contributed by atoms with Gasteiger partial charge in [0.25, 0.3) is 12.4 Å². The molecule has 1 aliphatic carbocycles. The number of amides is 2. The number of hydrogen-bond acceptors (Lipinski definition) is 7. The monoisotopic (exact) mass is 410 g/mol. The molecule has 1 aromatic heterocycles. The van der Waals surface area contributed by atoms with Crippen LogP contribution in [0.3, 0.4) is 0 Å². The fraction of sp³-hybridized carbons (Fsp3) is 0.722. The molecule has 0 spiro atoms. The first-order chi connectivity index (χ1) is 13.9. The maximum atomic E-state index is 12.9. The lowest BCUT2D eigenvalue weighted by atomic mass is 9.82. The second-order valence-corrected chi connectivity index (χ2v) is 7.50. The molecule has 1 saturated heterocycles. The zero-order valence-electron chi connectivity index (χ0n) is 16.9. The topological polar surface area (TPSA) is 152 Å². The Hall–Kier alpha value is -2.53. The number of aryl methyl sites for hydroxylation is 1. The molecule has 1 saturated carbocycles. The number of carbonyl (C=O) groups is 3. The number of aliphatic hydroxyl groups is 1. The Morgan fingerprint density at radius 1 is 1.21 bits per heavy atom. The van der Waals surface area contributed by atoms with E-state index in [2.05, 4.69) is 32.7 Å². The Morgan fingerprint density at radius 2 is 1.93 bits per heavy atom. The third kappa shape index (κ3) is 6.23. The van der Waals surface area contributed by atoms with E-state index in [0.29, 0.717) is 25.0 Å². The van der Waals surface area contributed by atoms with Crippen LogP contribution in [-0.4, -0.2) is 99.1 Å². The van der Waals surface area contributed by atoms with E-state index in [-0.39, 0.29) is 29.9 Å². The highest BCUT2D eigenvalue weighted by atomic mass is 16.3. The summed E-state index contributed by atoms with van der Waals surface area (Å²) in [6, 6.07) is -0.448. The van der Waals surface area contributed by atoms with Gasteiger partial charge in [-0.3, -0.25) is 14.4 Å². The standard InChI is InChI=1S/C17H28N6O3.CH2O2/c1-11-15(20-21-19-11)16(25)18-13-10-12(4-5-14(13)24)17(26)23-7-3-6-22(2)8-9-23;2-1-3/h12-14,24H,3-10H2,1-2H3,(H,18,25)(H,19,20,21);1H,(H,2,3)/t12-,13+,14+;/m0./s1. The zero-order chi connectivity index (χ0) is 21.4. The number of aliphatic hydroxyl groups excluding tert-OH is 1. The Morgan fingerprint density at radius 3 is 2.59 bits per heavy atom. The van der Waals surface area contributed by atoms with Crippen molar-refractivity contribution in [2.45, 2.75) is 44.8 Å². The van der Waals surface area contributed by atoms with Crippen molar-refractivity contribution in [3.05, 3.63) is 11.4 Å². The van der Waals surface area contributed by atoms with E-state index in [1.807, 2.05) is 4.90 Å². The lowest BCUT2D eigenvalue weighted by Gasteiger charge is -2.35. The van der Waals surface area contributed by atoms with Crippen molar-refractivity contribution >= 4 is 18.3 Å². The fourth-order valence-corrected chi connectivity index (χ4v) is 3.79. The summed E-state index contributed by atoms with van der Waals surface area (Å²) in [6.07, 6.45) is 1.94. The van der Waals surface area contributed by atoms with Gasteiger partial charge in [-0.15, -0.1) is 0 Å². The average Bonchev–Trinajstić information content (AvgIpc) is 3.00. The first-order valence-corrected chi connectivity index (χ1v) is 9.78. The predicted octanol–water partition coefficient (Wildman–Crippen LogP) is -0.763. The van der Waals surface area contributed by atoms with Crippen LogP contribution in [0.15, 0.2) is 0 Å². The highest BCUT2D eigenvalue weighted by Gasteiger charge is 2.36. The Labute approximate surface area is 169 Å². The molecule has 29 heavy (non-hydrogen) atoms. The van der Waals surface area contributed by atoms with Crippen molar-refractivity contribution in [1.29, 1.82) is 0 Å². The fourth-order valence-electron chi connectivity index (χ4n) is 3.79. The summed E-state index contributed by atoms with van der Waals surface area (Å²) in [7, 11) is 2.07. The first kappa shape index (κ1) is 22.8. The van der Waals surface area contributed by atoms with Crippen LogP contribution in [0.4, 0.5) is 0 Å². The van der Waals surface area contributed by atoms with E-state index in [4.69, 9.17) is 9.90 Å². The van der Waals surface area contributed by atoms with Crippen molar-refractivity contribution in [2.24, 2.45) is 5.92 Å². The largest absolute Gasteiger partial charge is 0.483 e. The summed E-state index contributed by atoms with van der Waals surface area (Å²) < 4.78 is 0. The number of carbonyl (C=O) groups excluding carboxylic acids is 2. The van der Waals surface area contributed by atoms with E-state index >= 15 is 0 Å². The molecule has 2 amide bonds. The molecule has 1 aliphatic heterocycles. The molecular weight excluding hydrogens is 380 g/mol. The van der Waals surface area contributed by atoms with Crippen LogP contribution >= 0.6 is 0 Å². The molecule has 0 radical (unpaired) electrons. The molecule has 3 atom stereocenters. The molecule has 2 heterocycles. The smallest absolute Gasteiger partial charge is 0.290 e. The second kappa shape index (κ2) is 10.9. The number of likely N-dealkylation sites (N-methyl/N-ethyl adjacent to an activating group) is 1. The third-order valence-corrected chi connectivity index (χ3v) is 5.45. The quantitative estimate of drug-likeness (QED) is 0.475. The first-order valence-electron chi connectivity index (χ1n) is 9.78. The summed E-state index contributed by atoms with van der Waals surface area (Å²) in [6.45, 7) is 4.84. The number of H-pyrrole nitrogens is 1. The predicted molar refractivity (Wildman–Crippen MR) is 103 cm³/mol. The number of aromatic nitrogens is 3. The SMILES string of the molecule is Cc1n[nH]nc1C(=O)N[C@@H]1C[C@@H](C(=O)N2CCCN(C)CC2)CC[C@H]1O.O=CO. The minimum Gasteiger partial charge on any atom is -0.483 e. The number of hydrogen-bond donors (Lipinski definition) is 4. The molecule has 3 rings (SSSR count). The van der Waals surface area contributed by atoms with Crippen molar-refractivity contribution in [1.82, 2.24) is 30.5 Å². The third-order valence-electron chi connectivity index (χ3n) is 5.45. The number of aromatic amines is 1. The highest BCUT2D eigenvalue weighted by molar-refractivity contribution is 5.93. The molecule has 0 bridgehead atoms. The highest BCUT2D eigenvalue weighted by Crippen LogP contribution is 2.27. The molecule has 162 valence electrons. The van der Waals surface area contributed by atoms with E-state index in [1.165, 1.54) is 0 Å². The van der Waals surface area contributed by atoms with Gasteiger partial charge in [0.05, 0.1) is 17.8 Å². The zero-order valence-corrected chi connectivity index (χ0v) is 16.9. The van der Waals surface area contributed by atoms with Gasteiger partial charge in [-0.1, -0.05) is 0 Å². The van der Waals surface area contributed by atoms with Gasteiger partial charge in [0.2, 0.25) is 5.91 Å². The summed E-state index contributed by atoms with van der Waals surface area (Å²) in [4.78, 5) is 37.8. The molecule has 1 aromatic rings. The van der Waals surface area contributed by atoms with Gasteiger partial charge in [-0.05, 0) is 46.2 Å². The number of nitrogens with zero attached hydrogens (tertiary/aromatic N) is 4. The van der Waals surface area contributed by atoms with Crippen LogP contribution in [0.5, 0.6) is 0 Å². The summed E-state index contributed by atoms with van der Waals surface area (Å²) in [5, 5.41) is 30.1. The van der Waals surface area contributed by atoms with Crippen LogP contribution in [0.25, 0.3) is 0 Å². The maximum Gasteiger partial charge on any atom is 0.290 e. The number of carboxylic acid groups (broad SMARTS) is 1. The molecule has 0 aromatic carbocycles. The average molecular weight is 410 g/mol. The van der Waals surface area contributed by atoms with Gasteiger partial charge in [-0.25, -0.2) is 0 Å². The van der Waals surface area contributed by atoms with Gasteiger partial charge in [0.15, 0.2) is 5.69 Å². The lowest BCUT2D eigenvalue weighted by molar-refractivity contribution is -0.137. The van der Waals surface area contributed by atoms with E-state index < -0.39 is 12.1 Å². The van der Waals surface area contributed by atoms with Crippen molar-refractivity contribution in [3.63, 3.8) is 0 Å². The van der Waals surface area contributed by atoms with E-state index in [1.54, 1.807) is 6.92 Å². The minimum absolute atomic E-state index is 0.143. The van der Waals surface area contributed by atoms with Crippen molar-refractivity contribution in [3.8, 4) is 0 Å². The van der Waals surface area contributed by atoms with Crippen molar-refractivity contribution in [2.75, 3.05) is 33.2 Å². The van der Waals surface area contributed by atoms with Gasteiger partial charge in [-0.2, -0.15) is 15.4 Å². The second-order valence-electron chi connectivity index (χ2n) is 7.50. The van der Waals surface area contributed by atoms with E-state index in [0.717, 1.165) is 32.6 Å². The van der Waals surface area contributed by atoms with Gasteiger partial charge in [0, 0.05) is 25.6 Å². The normalized spacial score (nSPS) is 25.3. The Bertz CT molecular complexity index is 696. The minimum atomic E-state index is -0.648. The number of rotatable bonds is 3. The summed E-state index contributed by atoms with van der Waals surface area (Å²) >= 11 is 0. The van der Waals surface area contributed by atoms with Gasteiger partial charge >= 0.3 is 0 Å². The van der Waals surface area contributed by atoms with Crippen LogP contribution in [0.2, 0.25) is 0 Å². The summed E-state index contributed by atoms with van der Waals surface area (Å²) in [5.41, 5.74) is 0.732. The van der Waals surface area contributed by atoms with Crippen LogP contribution in [0, 0.1) is 12.8 Å². The Kier molecular flexibility index (Phi) is 8.52. The molecule has 2 aliphatic rings. The molecule has 11 nitrogen and oxygen atoms in total. The Balaban J connectivity index is 0.000000941. The molecule has 2 fully saturated rings. The van der Waals surface area contributed by atoms with Gasteiger partial charge in [0.1, 0.15) is 0 Å². The molecule has 4 N–H and O–H groups in total. The van der Waals surface area contributed by atoms with E-state index in [9.17, 15) is 14.7 Å². The van der Waals surface area contributed by atoms with Crippen LogP contribution in [0.1, 0.15) is 41.9 Å². The van der Waals surface area contributed by atoms with Crippen LogP contribution < -0.4 is 5.32 Å². The lowest BCUT2D eigenvalue weighted by Crippen LogP contribution is -2.50. The van der Waals surface area contributed by atoms with Crippen molar-refractivity contribution < 1.29 is 24.6 Å². The molecular formula is C18H30N6O5. The summed E-state index contributed by atoms with van der Waals surface area (Å²) in [5.74, 6) is -0.389. The maximum absolute atomic E-state index is 12.9. The van der Waals surface area contributed by atoms with Crippen LogP contribution in [-0.2, 0) is 9.59 Å². The molecule has 11 heteroatoms. The van der Waals surface area contributed by atoms with Gasteiger partial charge < -0.3 is 25.3 Å².